The highest BCUT2D eigenvalue weighted by Crippen LogP contribution is 2.27. The zero-order chi connectivity index (χ0) is 10.5. The molecular formula is C13H11IS. The van der Waals surface area contributed by atoms with Crippen molar-refractivity contribution >= 4 is 34.4 Å². The second-order valence-electron chi connectivity index (χ2n) is 3.19. The third kappa shape index (κ3) is 3.24. The van der Waals surface area contributed by atoms with Crippen LogP contribution in [0.1, 0.15) is 5.56 Å². The molecule has 0 saturated heterocycles. The van der Waals surface area contributed by atoms with Gasteiger partial charge in [-0.15, -0.1) is 0 Å². The van der Waals surface area contributed by atoms with Crippen molar-refractivity contribution in [2.45, 2.75) is 14.2 Å². The molecule has 0 fully saturated rings. The highest BCUT2D eigenvalue weighted by Gasteiger charge is 1.96. The van der Waals surface area contributed by atoms with Gasteiger partial charge in [-0.25, -0.2) is 0 Å². The van der Waals surface area contributed by atoms with E-state index < -0.39 is 0 Å². The van der Waals surface area contributed by atoms with Crippen molar-refractivity contribution in [3.8, 4) is 0 Å². The maximum Gasteiger partial charge on any atom is 0.0247 e. The molecular weight excluding hydrogens is 315 g/mol. The second kappa shape index (κ2) is 5.56. The minimum atomic E-state index is 1.08. The van der Waals surface area contributed by atoms with Crippen molar-refractivity contribution in [3.63, 3.8) is 0 Å². The Morgan fingerprint density at radius 2 is 1.40 bits per heavy atom. The van der Waals surface area contributed by atoms with Gasteiger partial charge in [0.25, 0.3) is 0 Å². The van der Waals surface area contributed by atoms with E-state index in [1.54, 1.807) is 11.8 Å². The summed E-state index contributed by atoms with van der Waals surface area (Å²) in [5.74, 6) is 0. The predicted octanol–water partition coefficient (Wildman–Crippen LogP) is 4.77. The van der Waals surface area contributed by atoms with E-state index in [9.17, 15) is 0 Å². The molecule has 0 bridgehead atoms. The first-order valence-electron chi connectivity index (χ1n) is 4.76. The lowest BCUT2D eigenvalue weighted by Gasteiger charge is -2.02. The quantitative estimate of drug-likeness (QED) is 0.578. The van der Waals surface area contributed by atoms with Crippen molar-refractivity contribution in [2.24, 2.45) is 0 Å². The fourth-order valence-electron chi connectivity index (χ4n) is 1.27. The van der Waals surface area contributed by atoms with Gasteiger partial charge in [0.15, 0.2) is 0 Å². The number of rotatable bonds is 3. The van der Waals surface area contributed by atoms with E-state index in [0.717, 1.165) is 4.43 Å². The van der Waals surface area contributed by atoms with E-state index in [0.29, 0.717) is 0 Å². The van der Waals surface area contributed by atoms with Crippen LogP contribution in [0.25, 0.3) is 0 Å². The second-order valence-corrected chi connectivity index (χ2v) is 5.10. The molecule has 0 aliphatic rings. The highest BCUT2D eigenvalue weighted by atomic mass is 127. The molecule has 0 nitrogen and oxygen atoms in total. The summed E-state index contributed by atoms with van der Waals surface area (Å²) in [4.78, 5) is 2.59. The molecule has 0 aliphatic heterocycles. The molecule has 0 N–H and O–H groups in total. The van der Waals surface area contributed by atoms with E-state index in [1.807, 2.05) is 6.07 Å². The molecule has 0 atom stereocenters. The van der Waals surface area contributed by atoms with Crippen LogP contribution in [0.2, 0.25) is 0 Å². The van der Waals surface area contributed by atoms with Gasteiger partial charge >= 0.3 is 0 Å². The van der Waals surface area contributed by atoms with Gasteiger partial charge in [0.1, 0.15) is 0 Å². The van der Waals surface area contributed by atoms with Gasteiger partial charge in [0.05, 0.1) is 0 Å². The first-order valence-corrected chi connectivity index (χ1v) is 7.10. The van der Waals surface area contributed by atoms with E-state index in [2.05, 4.69) is 71.1 Å². The molecule has 2 aromatic rings. The maximum absolute atomic E-state index is 2.38. The van der Waals surface area contributed by atoms with Gasteiger partial charge in [-0.2, -0.15) is 0 Å². The summed E-state index contributed by atoms with van der Waals surface area (Å²) in [5, 5.41) is 0. The Morgan fingerprint density at radius 3 is 2.00 bits per heavy atom. The van der Waals surface area contributed by atoms with Crippen molar-refractivity contribution in [3.05, 3.63) is 60.2 Å². The van der Waals surface area contributed by atoms with Crippen molar-refractivity contribution in [1.82, 2.24) is 0 Å². The van der Waals surface area contributed by atoms with Crippen molar-refractivity contribution in [2.75, 3.05) is 0 Å². The third-order valence-corrected chi connectivity index (χ3v) is 3.95. The van der Waals surface area contributed by atoms with Crippen LogP contribution < -0.4 is 0 Å². The molecule has 0 amide bonds. The Balaban J connectivity index is 2.11. The Labute approximate surface area is 108 Å². The summed E-state index contributed by atoms with van der Waals surface area (Å²) in [5.41, 5.74) is 1.38. The molecule has 0 radical (unpaired) electrons. The molecule has 0 saturated carbocycles. The van der Waals surface area contributed by atoms with Crippen LogP contribution in [0.5, 0.6) is 0 Å². The summed E-state index contributed by atoms with van der Waals surface area (Å²) in [6.07, 6.45) is 0. The molecule has 15 heavy (non-hydrogen) atoms. The van der Waals surface area contributed by atoms with Gasteiger partial charge in [-0.1, -0.05) is 64.7 Å². The largest absolute Gasteiger partial charge is 0.0901 e. The van der Waals surface area contributed by atoms with Gasteiger partial charge in [-0.05, 0) is 29.8 Å². The number of hydrogen-bond acceptors (Lipinski definition) is 1. The monoisotopic (exact) mass is 326 g/mol. The topological polar surface area (TPSA) is 0 Å². The van der Waals surface area contributed by atoms with Crippen molar-refractivity contribution < 1.29 is 0 Å². The third-order valence-electron chi connectivity index (χ3n) is 2.06. The molecule has 0 unspecified atom stereocenters. The molecule has 0 aromatic heterocycles. The Bertz CT molecular complexity index is 408. The minimum Gasteiger partial charge on any atom is -0.0901 e. The molecule has 76 valence electrons. The first kappa shape index (κ1) is 11.0. The van der Waals surface area contributed by atoms with Gasteiger partial charge in [0.2, 0.25) is 0 Å². The fourth-order valence-corrected chi connectivity index (χ4v) is 2.62. The smallest absolute Gasteiger partial charge is 0.0247 e. The summed E-state index contributed by atoms with van der Waals surface area (Å²) < 4.78 is 1.08. The lowest BCUT2D eigenvalue weighted by atomic mass is 10.2. The molecule has 0 heterocycles. The highest BCUT2D eigenvalue weighted by molar-refractivity contribution is 14.1. The normalized spacial score (nSPS) is 10.2. The lowest BCUT2D eigenvalue weighted by Crippen LogP contribution is -1.77. The zero-order valence-corrected chi connectivity index (χ0v) is 11.2. The van der Waals surface area contributed by atoms with Crippen LogP contribution in [-0.2, 0) is 4.43 Å². The standard InChI is InChI=1S/C13H11IS/c14-10-11-6-8-13(9-7-11)15-12-4-2-1-3-5-12/h1-9H,10H2. The fraction of sp³-hybridized carbons (Fsp3) is 0.0769. The molecule has 0 spiro atoms. The van der Waals surface area contributed by atoms with E-state index in [-0.39, 0.29) is 0 Å². The molecule has 2 rings (SSSR count). The summed E-state index contributed by atoms with van der Waals surface area (Å²) in [6.45, 7) is 0. The van der Waals surface area contributed by atoms with Crippen LogP contribution in [0.4, 0.5) is 0 Å². The van der Waals surface area contributed by atoms with E-state index >= 15 is 0 Å². The van der Waals surface area contributed by atoms with Gasteiger partial charge in [-0.3, -0.25) is 0 Å². The maximum atomic E-state index is 2.38. The van der Waals surface area contributed by atoms with Gasteiger partial charge < -0.3 is 0 Å². The molecule has 2 heteroatoms. The van der Waals surface area contributed by atoms with Crippen molar-refractivity contribution in [1.29, 1.82) is 0 Å². The van der Waals surface area contributed by atoms with Crippen LogP contribution in [0.3, 0.4) is 0 Å². The van der Waals surface area contributed by atoms with Crippen LogP contribution >= 0.6 is 34.4 Å². The van der Waals surface area contributed by atoms with E-state index in [1.165, 1.54) is 15.4 Å². The summed E-state index contributed by atoms with van der Waals surface area (Å²) in [7, 11) is 0. The van der Waals surface area contributed by atoms with Crippen LogP contribution in [0.15, 0.2) is 64.4 Å². The van der Waals surface area contributed by atoms with E-state index in [4.69, 9.17) is 0 Å². The molecule has 2 aromatic carbocycles. The van der Waals surface area contributed by atoms with Gasteiger partial charge in [0, 0.05) is 14.2 Å². The number of halogens is 1. The van der Waals surface area contributed by atoms with Crippen LogP contribution in [0, 0.1) is 0 Å². The first-order chi connectivity index (χ1) is 7.38. The SMILES string of the molecule is ICc1ccc(Sc2ccccc2)cc1. The minimum absolute atomic E-state index is 1.08. The zero-order valence-electron chi connectivity index (χ0n) is 8.19. The predicted molar refractivity (Wildman–Crippen MR) is 74.7 cm³/mol. The summed E-state index contributed by atoms with van der Waals surface area (Å²) >= 11 is 4.19. The lowest BCUT2D eigenvalue weighted by molar-refractivity contribution is 1.35. The Hall–Kier alpha value is -0.480. The number of alkyl halides is 1. The summed E-state index contributed by atoms with van der Waals surface area (Å²) in [6, 6.07) is 19.2. The average molecular weight is 326 g/mol. The average Bonchev–Trinajstić information content (AvgIpc) is 2.31. The van der Waals surface area contributed by atoms with Crippen LogP contribution in [-0.4, -0.2) is 0 Å². The Kier molecular flexibility index (Phi) is 4.09. The molecule has 0 aliphatic carbocycles. The number of hydrogen-bond donors (Lipinski definition) is 0. The Morgan fingerprint density at radius 1 is 0.800 bits per heavy atom. The number of benzene rings is 2.